The zero-order valence-electron chi connectivity index (χ0n) is 18.9. The van der Waals surface area contributed by atoms with Gasteiger partial charge in [-0.2, -0.15) is 13.2 Å². The maximum Gasteiger partial charge on any atom is 0.416 e. The Bertz CT molecular complexity index is 1190. The molecule has 1 aliphatic rings. The lowest BCUT2D eigenvalue weighted by Crippen LogP contribution is -2.38. The van der Waals surface area contributed by atoms with Crippen LogP contribution in [-0.4, -0.2) is 23.7 Å². The molecule has 0 radical (unpaired) electrons. The van der Waals surface area contributed by atoms with Crippen LogP contribution in [0.4, 0.5) is 19.1 Å². The minimum absolute atomic E-state index is 0.00720. The third-order valence-electron chi connectivity index (χ3n) is 6.27. The maximum atomic E-state index is 13.0. The average molecular weight is 526 g/mol. The van der Waals surface area contributed by atoms with Gasteiger partial charge in [0.15, 0.2) is 0 Å². The SMILES string of the molecule is Cc1noc(NCC2CCC(NC(=O)c3cc(C(F)(F)F)ccc3Cl)CC2)c1-c1ccc(Cl)cc1. The van der Waals surface area contributed by atoms with Gasteiger partial charge >= 0.3 is 6.18 Å². The molecule has 10 heteroatoms. The number of nitrogens with one attached hydrogen (secondary N) is 2. The van der Waals surface area contributed by atoms with E-state index in [-0.39, 0.29) is 16.6 Å². The predicted molar refractivity (Wildman–Crippen MR) is 130 cm³/mol. The fraction of sp³-hybridized carbons (Fsp3) is 0.360. The molecule has 0 atom stereocenters. The summed E-state index contributed by atoms with van der Waals surface area (Å²) >= 11 is 12.0. The molecule has 2 aromatic carbocycles. The summed E-state index contributed by atoms with van der Waals surface area (Å²) in [5.74, 6) is 0.357. The highest BCUT2D eigenvalue weighted by molar-refractivity contribution is 6.33. The van der Waals surface area contributed by atoms with Crippen molar-refractivity contribution in [2.24, 2.45) is 5.92 Å². The number of carbonyl (C=O) groups is 1. The zero-order chi connectivity index (χ0) is 25.2. The third kappa shape index (κ3) is 6.11. The molecule has 0 aliphatic heterocycles. The van der Waals surface area contributed by atoms with Crippen molar-refractivity contribution in [1.82, 2.24) is 10.5 Å². The van der Waals surface area contributed by atoms with E-state index in [0.29, 0.717) is 36.2 Å². The topological polar surface area (TPSA) is 67.2 Å². The summed E-state index contributed by atoms with van der Waals surface area (Å²) in [6.45, 7) is 2.55. The number of halogens is 5. The Kier molecular flexibility index (Phi) is 7.62. The molecule has 1 aromatic heterocycles. The molecule has 3 aromatic rings. The van der Waals surface area contributed by atoms with E-state index in [0.717, 1.165) is 47.9 Å². The third-order valence-corrected chi connectivity index (χ3v) is 6.85. The Balaban J connectivity index is 1.31. The molecular formula is C25H24Cl2F3N3O2. The molecule has 5 nitrogen and oxygen atoms in total. The Morgan fingerprint density at radius 2 is 1.77 bits per heavy atom. The summed E-state index contributed by atoms with van der Waals surface area (Å²) in [6.07, 6.45) is -1.42. The molecule has 2 N–H and O–H groups in total. The number of alkyl halides is 3. The van der Waals surface area contributed by atoms with Crippen molar-refractivity contribution in [3.8, 4) is 11.1 Å². The number of nitrogens with zero attached hydrogens (tertiary/aromatic N) is 1. The van der Waals surface area contributed by atoms with Crippen molar-refractivity contribution in [3.05, 3.63) is 69.3 Å². The molecule has 1 aliphatic carbocycles. The molecule has 1 saturated carbocycles. The maximum absolute atomic E-state index is 13.0. The van der Waals surface area contributed by atoms with Gasteiger partial charge in [-0.15, -0.1) is 0 Å². The molecule has 1 fully saturated rings. The number of rotatable bonds is 6. The first-order valence-electron chi connectivity index (χ1n) is 11.3. The largest absolute Gasteiger partial charge is 0.416 e. The first-order chi connectivity index (χ1) is 16.6. The summed E-state index contributed by atoms with van der Waals surface area (Å²) in [5.41, 5.74) is 1.55. The fourth-order valence-electron chi connectivity index (χ4n) is 4.33. The lowest BCUT2D eigenvalue weighted by molar-refractivity contribution is -0.137. The first-order valence-corrected chi connectivity index (χ1v) is 12.0. The number of benzene rings is 2. The second-order valence-corrected chi connectivity index (χ2v) is 9.59. The van der Waals surface area contributed by atoms with Crippen molar-refractivity contribution >= 4 is 35.0 Å². The lowest BCUT2D eigenvalue weighted by atomic mass is 9.86. The highest BCUT2D eigenvalue weighted by atomic mass is 35.5. The van der Waals surface area contributed by atoms with Gasteiger partial charge in [0.1, 0.15) is 0 Å². The van der Waals surface area contributed by atoms with E-state index in [1.54, 1.807) is 0 Å². The number of amides is 1. The summed E-state index contributed by atoms with van der Waals surface area (Å²) in [4.78, 5) is 12.6. The molecule has 4 rings (SSSR count). The van der Waals surface area contributed by atoms with Crippen LogP contribution >= 0.6 is 23.2 Å². The van der Waals surface area contributed by atoms with E-state index in [4.69, 9.17) is 27.7 Å². The van der Waals surface area contributed by atoms with E-state index in [1.165, 1.54) is 0 Å². The molecule has 0 spiro atoms. The number of aryl methyl sites for hydroxylation is 1. The van der Waals surface area contributed by atoms with E-state index in [2.05, 4.69) is 15.8 Å². The number of hydrogen-bond donors (Lipinski definition) is 2. The first kappa shape index (κ1) is 25.4. The molecule has 1 heterocycles. The monoisotopic (exact) mass is 525 g/mol. The summed E-state index contributed by atoms with van der Waals surface area (Å²) < 4.78 is 44.5. The van der Waals surface area contributed by atoms with Crippen LogP contribution in [0.15, 0.2) is 47.0 Å². The van der Waals surface area contributed by atoms with Crippen LogP contribution in [0.3, 0.4) is 0 Å². The molecule has 186 valence electrons. The van der Waals surface area contributed by atoms with Crippen LogP contribution in [0.25, 0.3) is 11.1 Å². The van der Waals surface area contributed by atoms with Gasteiger partial charge in [0.2, 0.25) is 5.88 Å². The standard InChI is InChI=1S/C25H24Cl2F3N3O2/c1-14-22(16-4-7-18(26)8-5-16)24(35-33-14)31-13-15-2-9-19(10-3-15)32-23(34)20-12-17(25(28,29)30)6-11-21(20)27/h4-8,11-12,15,19,31H,2-3,9-10,13H2,1H3,(H,32,34). The second-order valence-electron chi connectivity index (χ2n) is 8.74. The van der Waals surface area contributed by atoms with Gasteiger partial charge in [0, 0.05) is 17.6 Å². The van der Waals surface area contributed by atoms with Crippen molar-refractivity contribution in [2.45, 2.75) is 44.8 Å². The lowest BCUT2D eigenvalue weighted by Gasteiger charge is -2.29. The summed E-state index contributed by atoms with van der Waals surface area (Å²) in [5, 5.41) is 10.9. The van der Waals surface area contributed by atoms with Gasteiger partial charge in [-0.1, -0.05) is 40.5 Å². The van der Waals surface area contributed by atoms with E-state index in [1.807, 2.05) is 31.2 Å². The predicted octanol–water partition coefficient (Wildman–Crippen LogP) is 7.38. The number of anilines is 1. The highest BCUT2D eigenvalue weighted by Crippen LogP contribution is 2.34. The molecule has 0 saturated heterocycles. The summed E-state index contributed by atoms with van der Waals surface area (Å²) in [6, 6.07) is 10.1. The van der Waals surface area contributed by atoms with Crippen LogP contribution in [0, 0.1) is 12.8 Å². The minimum atomic E-state index is -4.54. The molecular weight excluding hydrogens is 502 g/mol. The molecule has 0 bridgehead atoms. The van der Waals surface area contributed by atoms with Crippen molar-refractivity contribution in [3.63, 3.8) is 0 Å². The van der Waals surface area contributed by atoms with Gasteiger partial charge in [-0.3, -0.25) is 4.79 Å². The Hall–Kier alpha value is -2.71. The van der Waals surface area contributed by atoms with Gasteiger partial charge in [-0.25, -0.2) is 0 Å². The molecule has 35 heavy (non-hydrogen) atoms. The average Bonchev–Trinajstić information content (AvgIpc) is 3.19. The van der Waals surface area contributed by atoms with Crippen molar-refractivity contribution in [2.75, 3.05) is 11.9 Å². The fourth-order valence-corrected chi connectivity index (χ4v) is 4.66. The molecule has 0 unspecified atom stereocenters. The van der Waals surface area contributed by atoms with Crippen LogP contribution in [0.5, 0.6) is 0 Å². The van der Waals surface area contributed by atoms with Crippen molar-refractivity contribution in [1.29, 1.82) is 0 Å². The number of aromatic nitrogens is 1. The Morgan fingerprint density at radius 1 is 1.09 bits per heavy atom. The van der Waals surface area contributed by atoms with Crippen LogP contribution < -0.4 is 10.6 Å². The molecule has 1 amide bonds. The van der Waals surface area contributed by atoms with Gasteiger partial charge in [0.05, 0.1) is 27.4 Å². The number of carbonyl (C=O) groups excluding carboxylic acids is 1. The smallest absolute Gasteiger partial charge is 0.353 e. The van der Waals surface area contributed by atoms with E-state index < -0.39 is 17.6 Å². The Labute approximate surface area is 211 Å². The van der Waals surface area contributed by atoms with Crippen LogP contribution in [0.2, 0.25) is 10.0 Å². The van der Waals surface area contributed by atoms with E-state index in [9.17, 15) is 18.0 Å². The normalized spacial score (nSPS) is 18.3. The highest BCUT2D eigenvalue weighted by Gasteiger charge is 2.32. The number of hydrogen-bond acceptors (Lipinski definition) is 4. The van der Waals surface area contributed by atoms with Gasteiger partial charge in [0.25, 0.3) is 5.91 Å². The second kappa shape index (κ2) is 10.5. The van der Waals surface area contributed by atoms with Crippen molar-refractivity contribution < 1.29 is 22.5 Å². The van der Waals surface area contributed by atoms with E-state index >= 15 is 0 Å². The minimum Gasteiger partial charge on any atom is -0.353 e. The van der Waals surface area contributed by atoms with Gasteiger partial charge < -0.3 is 15.2 Å². The summed E-state index contributed by atoms with van der Waals surface area (Å²) in [7, 11) is 0. The van der Waals surface area contributed by atoms with Crippen LogP contribution in [0.1, 0.15) is 47.3 Å². The van der Waals surface area contributed by atoms with Crippen LogP contribution in [-0.2, 0) is 6.18 Å². The Morgan fingerprint density at radius 3 is 2.43 bits per heavy atom. The zero-order valence-corrected chi connectivity index (χ0v) is 20.4. The van der Waals surface area contributed by atoms with Gasteiger partial charge in [-0.05, 0) is 74.4 Å². The quantitative estimate of drug-likeness (QED) is 0.352.